The molecule has 13 heteroatoms. The van der Waals surface area contributed by atoms with E-state index in [4.69, 9.17) is 5.11 Å². The molecule has 0 radical (unpaired) electrons. The van der Waals surface area contributed by atoms with Crippen LogP contribution >= 0.6 is 0 Å². The zero-order chi connectivity index (χ0) is 26.6. The quantitative estimate of drug-likeness (QED) is 0.200. The third-order valence-electron chi connectivity index (χ3n) is 5.73. The number of hydrogen-bond donors (Lipinski definition) is 4. The van der Waals surface area contributed by atoms with Crippen LogP contribution in [0.1, 0.15) is 42.8 Å². The highest BCUT2D eigenvalue weighted by molar-refractivity contribution is 6.43. The Morgan fingerprint density at radius 2 is 1.54 bits per heavy atom. The summed E-state index contributed by atoms with van der Waals surface area (Å²) in [6, 6.07) is 11.4. The normalized spacial score (nSPS) is 12.9. The van der Waals surface area contributed by atoms with Gasteiger partial charge >= 0.3 is 13.1 Å². The molecule has 2 atom stereocenters. The molecule has 3 aromatic rings. The van der Waals surface area contributed by atoms with E-state index in [9.17, 15) is 24.7 Å². The van der Waals surface area contributed by atoms with Crippen LogP contribution in [0.5, 0.6) is 0 Å². The van der Waals surface area contributed by atoms with E-state index in [2.05, 4.69) is 25.2 Å². The Bertz CT molecular complexity index is 1080. The zero-order valence-corrected chi connectivity index (χ0v) is 20.4. The Balaban J connectivity index is 1.57. The number of carboxylic acid groups (broad SMARTS) is 1. The Kier molecular flexibility index (Phi) is 10.8. The summed E-state index contributed by atoms with van der Waals surface area (Å²) in [7, 11) is -1.76. The van der Waals surface area contributed by atoms with E-state index in [1.807, 2.05) is 36.4 Å². The first-order valence-electron chi connectivity index (χ1n) is 12.0. The van der Waals surface area contributed by atoms with Gasteiger partial charge in [0, 0.05) is 44.3 Å². The molecule has 3 rings (SSSR count). The van der Waals surface area contributed by atoms with Crippen molar-refractivity contribution in [3.63, 3.8) is 0 Å². The number of carboxylic acids is 1. The molecule has 0 aliphatic heterocycles. The summed E-state index contributed by atoms with van der Waals surface area (Å²) in [5.74, 6) is -2.27. The molecule has 0 bridgehead atoms. The van der Waals surface area contributed by atoms with E-state index in [0.717, 1.165) is 11.4 Å². The Morgan fingerprint density at radius 3 is 2.08 bits per heavy atom. The maximum atomic E-state index is 12.6. The van der Waals surface area contributed by atoms with E-state index >= 15 is 0 Å². The number of nitrogens with zero attached hydrogens (tertiary/aromatic N) is 6. The first-order chi connectivity index (χ1) is 17.8. The molecule has 37 heavy (non-hydrogen) atoms. The number of Topliss-reactive ketones (excluding diaryl/α,β-unsaturated/α-hetero) is 1. The lowest BCUT2D eigenvalue weighted by atomic mass is 9.67. The van der Waals surface area contributed by atoms with Gasteiger partial charge in [-0.1, -0.05) is 17.3 Å². The van der Waals surface area contributed by atoms with Gasteiger partial charge in [0.2, 0.25) is 0 Å². The summed E-state index contributed by atoms with van der Waals surface area (Å²) >= 11 is 0. The van der Waals surface area contributed by atoms with Crippen molar-refractivity contribution in [3.05, 3.63) is 72.1 Å². The minimum atomic E-state index is -1.76. The minimum absolute atomic E-state index is 0.0394. The van der Waals surface area contributed by atoms with Crippen LogP contribution in [0, 0.1) is 0 Å². The molecule has 0 spiro atoms. The standard InChI is InChI=1S/C24H31BN6O6/c32-22(12-24(34)35)8-7-18(25(36)37)11-23(33)17-31-16-21(28-29-31)15-30(13-19-5-1-3-9-26-19)14-20-6-2-4-10-27-20/h1-6,9-10,16,18,22,32,36-37H,7-8,11-15,17H2,(H,34,35)/t18-,22?/m1/s1. The summed E-state index contributed by atoms with van der Waals surface area (Å²) in [6.45, 7) is 1.47. The predicted octanol–water partition coefficient (Wildman–Crippen LogP) is 0.688. The number of aromatic nitrogens is 5. The highest BCUT2D eigenvalue weighted by atomic mass is 16.4. The Morgan fingerprint density at radius 1 is 0.919 bits per heavy atom. The number of aliphatic carboxylic acids is 1. The number of carbonyl (C=O) groups excluding carboxylic acids is 1. The highest BCUT2D eigenvalue weighted by Crippen LogP contribution is 2.22. The number of aliphatic hydroxyl groups excluding tert-OH is 1. The summed E-state index contributed by atoms with van der Waals surface area (Å²) < 4.78 is 1.40. The summed E-state index contributed by atoms with van der Waals surface area (Å²) in [4.78, 5) is 34.2. The molecule has 0 aliphatic carbocycles. The van der Waals surface area contributed by atoms with E-state index in [1.165, 1.54) is 4.68 Å². The summed E-state index contributed by atoms with van der Waals surface area (Å²) in [5.41, 5.74) is 2.43. The molecule has 0 saturated heterocycles. The number of pyridine rings is 2. The molecule has 4 N–H and O–H groups in total. The zero-order valence-electron chi connectivity index (χ0n) is 20.4. The third-order valence-corrected chi connectivity index (χ3v) is 5.73. The SMILES string of the molecule is O=C(O)CC(O)CC[C@H](CC(=O)Cn1cc(CN(Cc2ccccn2)Cc2ccccn2)nn1)B(O)O. The van der Waals surface area contributed by atoms with Crippen LogP contribution in [0.4, 0.5) is 0 Å². The van der Waals surface area contributed by atoms with Crippen molar-refractivity contribution in [2.45, 2.75) is 63.8 Å². The van der Waals surface area contributed by atoms with E-state index in [-0.39, 0.29) is 31.6 Å². The van der Waals surface area contributed by atoms with Gasteiger partial charge < -0.3 is 20.3 Å². The topological polar surface area (TPSA) is 175 Å². The van der Waals surface area contributed by atoms with Gasteiger partial charge in [0.25, 0.3) is 0 Å². The maximum Gasteiger partial charge on any atom is 0.455 e. The molecule has 0 aliphatic rings. The second-order valence-corrected chi connectivity index (χ2v) is 8.94. The monoisotopic (exact) mass is 510 g/mol. The lowest BCUT2D eigenvalue weighted by molar-refractivity contribution is -0.139. The van der Waals surface area contributed by atoms with E-state index in [0.29, 0.717) is 25.3 Å². The molecule has 0 saturated carbocycles. The van der Waals surface area contributed by atoms with Crippen LogP contribution in [-0.2, 0) is 35.8 Å². The lowest BCUT2D eigenvalue weighted by Gasteiger charge is -2.20. The maximum absolute atomic E-state index is 12.6. The fourth-order valence-corrected chi connectivity index (χ4v) is 3.93. The number of carbonyl (C=O) groups is 2. The third kappa shape index (κ3) is 10.2. The van der Waals surface area contributed by atoms with Crippen molar-refractivity contribution in [2.75, 3.05) is 0 Å². The van der Waals surface area contributed by atoms with Crippen LogP contribution in [-0.4, -0.2) is 75.1 Å². The minimum Gasteiger partial charge on any atom is -0.481 e. The molecule has 0 aromatic carbocycles. The van der Waals surface area contributed by atoms with Gasteiger partial charge in [-0.05, 0) is 37.1 Å². The Hall–Kier alpha value is -3.52. The van der Waals surface area contributed by atoms with Gasteiger partial charge in [0.1, 0.15) is 6.54 Å². The molecule has 196 valence electrons. The van der Waals surface area contributed by atoms with Crippen LogP contribution < -0.4 is 0 Å². The highest BCUT2D eigenvalue weighted by Gasteiger charge is 2.27. The smallest absolute Gasteiger partial charge is 0.455 e. The average molecular weight is 510 g/mol. The van der Waals surface area contributed by atoms with Crippen molar-refractivity contribution in [2.24, 2.45) is 0 Å². The first-order valence-corrected chi connectivity index (χ1v) is 12.0. The molecular weight excluding hydrogens is 479 g/mol. The van der Waals surface area contributed by atoms with Crippen LogP contribution in [0.15, 0.2) is 55.0 Å². The molecule has 3 aromatic heterocycles. The van der Waals surface area contributed by atoms with Gasteiger partial charge in [-0.25, -0.2) is 4.68 Å². The van der Waals surface area contributed by atoms with Crippen molar-refractivity contribution < 1.29 is 29.9 Å². The number of aliphatic hydroxyl groups is 1. The molecule has 0 fully saturated rings. The van der Waals surface area contributed by atoms with Crippen molar-refractivity contribution in [1.29, 1.82) is 0 Å². The molecule has 12 nitrogen and oxygen atoms in total. The predicted molar refractivity (Wildman–Crippen MR) is 133 cm³/mol. The molecular formula is C24H31BN6O6. The average Bonchev–Trinajstić information content (AvgIpc) is 3.28. The fourth-order valence-electron chi connectivity index (χ4n) is 3.93. The van der Waals surface area contributed by atoms with Crippen LogP contribution in [0.3, 0.4) is 0 Å². The summed E-state index contributed by atoms with van der Waals surface area (Å²) in [5, 5.41) is 45.9. The molecule has 1 unspecified atom stereocenters. The summed E-state index contributed by atoms with van der Waals surface area (Å²) in [6.07, 6.45) is 3.56. The Labute approximate surface area is 214 Å². The fraction of sp³-hybridized carbons (Fsp3) is 0.417. The number of hydrogen-bond acceptors (Lipinski definition) is 10. The van der Waals surface area contributed by atoms with E-state index < -0.39 is 31.4 Å². The second-order valence-electron chi connectivity index (χ2n) is 8.94. The number of ketones is 1. The van der Waals surface area contributed by atoms with Crippen LogP contribution in [0.2, 0.25) is 5.82 Å². The van der Waals surface area contributed by atoms with Crippen molar-refractivity contribution in [1.82, 2.24) is 29.9 Å². The molecule has 0 amide bonds. The van der Waals surface area contributed by atoms with Crippen molar-refractivity contribution in [3.8, 4) is 0 Å². The largest absolute Gasteiger partial charge is 0.481 e. The molecule has 3 heterocycles. The lowest BCUT2D eigenvalue weighted by Crippen LogP contribution is -2.26. The van der Waals surface area contributed by atoms with Gasteiger partial charge in [0.05, 0.1) is 35.8 Å². The number of rotatable bonds is 16. The van der Waals surface area contributed by atoms with Gasteiger partial charge in [-0.3, -0.25) is 24.5 Å². The van der Waals surface area contributed by atoms with Gasteiger partial charge in [-0.2, -0.15) is 0 Å². The van der Waals surface area contributed by atoms with Crippen molar-refractivity contribution >= 4 is 18.9 Å². The second kappa shape index (κ2) is 14.3. The van der Waals surface area contributed by atoms with Crippen LogP contribution in [0.25, 0.3) is 0 Å². The van der Waals surface area contributed by atoms with E-state index in [1.54, 1.807) is 18.6 Å². The first kappa shape index (κ1) is 28.1. The van der Waals surface area contributed by atoms with Gasteiger partial charge in [0.15, 0.2) is 5.78 Å². The van der Waals surface area contributed by atoms with Gasteiger partial charge in [-0.15, -0.1) is 5.10 Å².